The van der Waals surface area contributed by atoms with Crippen LogP contribution in [-0.2, 0) is 18.9 Å². The number of ether oxygens (including phenoxy) is 4. The second-order valence-corrected chi connectivity index (χ2v) is 4.02. The fourth-order valence-corrected chi connectivity index (χ4v) is 1.38. The van der Waals surface area contributed by atoms with Gasteiger partial charge in [-0.1, -0.05) is 15.9 Å². The summed E-state index contributed by atoms with van der Waals surface area (Å²) in [4.78, 5) is 0. The predicted octanol–water partition coefficient (Wildman–Crippen LogP) is 1.86. The van der Waals surface area contributed by atoms with E-state index in [-0.39, 0.29) is 0 Å². The number of unbranched alkanes of at least 4 members (excludes halogenated alkanes) is 1. The van der Waals surface area contributed by atoms with E-state index in [1.54, 1.807) is 7.11 Å². The van der Waals surface area contributed by atoms with E-state index in [1.807, 2.05) is 0 Å². The first-order valence-electron chi connectivity index (χ1n) is 5.70. The number of hydrogen-bond donors (Lipinski definition) is 0. The van der Waals surface area contributed by atoms with Crippen molar-refractivity contribution in [1.29, 1.82) is 0 Å². The Labute approximate surface area is 107 Å². The molecule has 0 aliphatic carbocycles. The van der Waals surface area contributed by atoms with Gasteiger partial charge in [-0.15, -0.1) is 0 Å². The third-order valence-electron chi connectivity index (χ3n) is 1.85. The Morgan fingerprint density at radius 1 is 0.688 bits per heavy atom. The van der Waals surface area contributed by atoms with Gasteiger partial charge in [0.25, 0.3) is 0 Å². The Bertz CT molecular complexity index is 111. The van der Waals surface area contributed by atoms with Gasteiger partial charge in [-0.25, -0.2) is 0 Å². The minimum Gasteiger partial charge on any atom is -0.382 e. The second-order valence-electron chi connectivity index (χ2n) is 3.23. The lowest BCUT2D eigenvalue weighted by molar-refractivity contribution is 0.00339. The minimum atomic E-state index is 0.618. The number of hydrogen-bond acceptors (Lipinski definition) is 4. The molecule has 0 aliphatic heterocycles. The van der Waals surface area contributed by atoms with Gasteiger partial charge in [0.05, 0.1) is 39.6 Å². The summed E-state index contributed by atoms with van der Waals surface area (Å²) in [6.07, 6.45) is 2.26. The van der Waals surface area contributed by atoms with Gasteiger partial charge in [-0.2, -0.15) is 0 Å². The zero-order valence-electron chi connectivity index (χ0n) is 10.1. The SMILES string of the molecule is COCCOCCOCCOCCCCBr. The van der Waals surface area contributed by atoms with Gasteiger partial charge in [0.1, 0.15) is 0 Å². The van der Waals surface area contributed by atoms with Crippen molar-refractivity contribution in [1.82, 2.24) is 0 Å². The average Bonchev–Trinajstić information content (AvgIpc) is 2.31. The van der Waals surface area contributed by atoms with E-state index < -0.39 is 0 Å². The van der Waals surface area contributed by atoms with Gasteiger partial charge in [0.2, 0.25) is 0 Å². The minimum absolute atomic E-state index is 0.618. The molecule has 0 aromatic heterocycles. The van der Waals surface area contributed by atoms with E-state index in [2.05, 4.69) is 15.9 Å². The molecule has 0 saturated heterocycles. The first-order chi connectivity index (χ1) is 7.91. The van der Waals surface area contributed by atoms with Crippen molar-refractivity contribution < 1.29 is 18.9 Å². The molecule has 0 fully saturated rings. The van der Waals surface area contributed by atoms with Gasteiger partial charge in [-0.05, 0) is 12.8 Å². The maximum Gasteiger partial charge on any atom is 0.0701 e. The van der Waals surface area contributed by atoms with Crippen molar-refractivity contribution in [3.8, 4) is 0 Å². The molecule has 0 bridgehead atoms. The smallest absolute Gasteiger partial charge is 0.0701 e. The summed E-state index contributed by atoms with van der Waals surface area (Å²) < 4.78 is 20.8. The highest BCUT2D eigenvalue weighted by atomic mass is 79.9. The maximum atomic E-state index is 5.37. The quantitative estimate of drug-likeness (QED) is 0.384. The van der Waals surface area contributed by atoms with Crippen LogP contribution in [0, 0.1) is 0 Å². The molecule has 0 aromatic rings. The molecule has 0 heterocycles. The molecule has 16 heavy (non-hydrogen) atoms. The fraction of sp³-hybridized carbons (Fsp3) is 1.00. The van der Waals surface area contributed by atoms with Gasteiger partial charge in [0.15, 0.2) is 0 Å². The molecule has 0 unspecified atom stereocenters. The first-order valence-corrected chi connectivity index (χ1v) is 6.82. The van der Waals surface area contributed by atoms with E-state index in [0.717, 1.165) is 24.8 Å². The third-order valence-corrected chi connectivity index (χ3v) is 2.41. The van der Waals surface area contributed by atoms with Crippen LogP contribution in [0.2, 0.25) is 0 Å². The van der Waals surface area contributed by atoms with Crippen LogP contribution in [0.4, 0.5) is 0 Å². The van der Waals surface area contributed by atoms with Crippen LogP contribution < -0.4 is 0 Å². The van der Waals surface area contributed by atoms with E-state index >= 15 is 0 Å². The van der Waals surface area contributed by atoms with E-state index in [1.165, 1.54) is 0 Å². The molecule has 98 valence electrons. The summed E-state index contributed by atoms with van der Waals surface area (Å²) in [6.45, 7) is 4.63. The molecule has 0 radical (unpaired) electrons. The fourth-order valence-electron chi connectivity index (χ4n) is 0.983. The molecule has 0 N–H and O–H groups in total. The number of alkyl halides is 1. The van der Waals surface area contributed by atoms with E-state index in [0.29, 0.717) is 39.6 Å². The summed E-state index contributed by atoms with van der Waals surface area (Å²) in [7, 11) is 1.66. The van der Waals surface area contributed by atoms with Crippen LogP contribution in [0.25, 0.3) is 0 Å². The van der Waals surface area contributed by atoms with Crippen LogP contribution in [0.15, 0.2) is 0 Å². The summed E-state index contributed by atoms with van der Waals surface area (Å²) in [5, 5.41) is 1.05. The predicted molar refractivity (Wildman–Crippen MR) is 67.4 cm³/mol. The molecule has 0 rings (SSSR count). The standard InChI is InChI=1S/C11H23BrO4/c1-13-6-7-15-10-11-16-9-8-14-5-3-2-4-12/h2-11H2,1H3. The lowest BCUT2D eigenvalue weighted by atomic mass is 10.4. The lowest BCUT2D eigenvalue weighted by Gasteiger charge is -2.06. The number of halogens is 1. The number of methoxy groups -OCH3 is 1. The Balaban J connectivity index is 2.83. The van der Waals surface area contributed by atoms with Crippen LogP contribution in [0.1, 0.15) is 12.8 Å². The van der Waals surface area contributed by atoms with Crippen LogP contribution in [-0.4, -0.2) is 58.7 Å². The van der Waals surface area contributed by atoms with Crippen molar-refractivity contribution in [2.45, 2.75) is 12.8 Å². The molecule has 0 saturated carbocycles. The normalized spacial score (nSPS) is 10.9. The van der Waals surface area contributed by atoms with Gasteiger partial charge >= 0.3 is 0 Å². The van der Waals surface area contributed by atoms with Crippen molar-refractivity contribution >= 4 is 15.9 Å². The highest BCUT2D eigenvalue weighted by Gasteiger charge is 1.91. The highest BCUT2D eigenvalue weighted by Crippen LogP contribution is 1.94. The highest BCUT2D eigenvalue weighted by molar-refractivity contribution is 9.09. The Morgan fingerprint density at radius 2 is 1.19 bits per heavy atom. The van der Waals surface area contributed by atoms with Crippen LogP contribution in [0.5, 0.6) is 0 Å². The van der Waals surface area contributed by atoms with E-state index in [9.17, 15) is 0 Å². The molecule has 0 atom stereocenters. The van der Waals surface area contributed by atoms with E-state index in [4.69, 9.17) is 18.9 Å². The van der Waals surface area contributed by atoms with Crippen LogP contribution in [0.3, 0.4) is 0 Å². The Morgan fingerprint density at radius 3 is 1.69 bits per heavy atom. The topological polar surface area (TPSA) is 36.9 Å². The largest absolute Gasteiger partial charge is 0.382 e. The first kappa shape index (κ1) is 16.3. The summed E-state index contributed by atoms with van der Waals surface area (Å²) >= 11 is 3.38. The molecular formula is C11H23BrO4. The Kier molecular flexibility index (Phi) is 15.6. The third kappa shape index (κ3) is 14.3. The molecule has 0 spiro atoms. The molecule has 4 nitrogen and oxygen atoms in total. The van der Waals surface area contributed by atoms with Crippen molar-refractivity contribution in [2.24, 2.45) is 0 Å². The lowest BCUT2D eigenvalue weighted by Crippen LogP contribution is -2.11. The zero-order valence-corrected chi connectivity index (χ0v) is 11.7. The molecule has 0 amide bonds. The molecule has 5 heteroatoms. The summed E-state index contributed by atoms with van der Waals surface area (Å²) in [5.41, 5.74) is 0. The van der Waals surface area contributed by atoms with Gasteiger partial charge < -0.3 is 18.9 Å². The maximum absolute atomic E-state index is 5.37. The number of rotatable bonds is 13. The molecule has 0 aromatic carbocycles. The van der Waals surface area contributed by atoms with Crippen molar-refractivity contribution in [2.75, 3.05) is 58.7 Å². The van der Waals surface area contributed by atoms with Crippen molar-refractivity contribution in [3.63, 3.8) is 0 Å². The average molecular weight is 299 g/mol. The van der Waals surface area contributed by atoms with Gasteiger partial charge in [0, 0.05) is 19.0 Å². The molecular weight excluding hydrogens is 276 g/mol. The zero-order chi connectivity index (χ0) is 11.9. The van der Waals surface area contributed by atoms with Gasteiger partial charge in [-0.3, -0.25) is 0 Å². The monoisotopic (exact) mass is 298 g/mol. The summed E-state index contributed by atoms with van der Waals surface area (Å²) in [6, 6.07) is 0. The summed E-state index contributed by atoms with van der Waals surface area (Å²) in [5.74, 6) is 0. The Hall–Kier alpha value is 0.320. The van der Waals surface area contributed by atoms with Crippen LogP contribution >= 0.6 is 15.9 Å². The second kappa shape index (κ2) is 15.3. The van der Waals surface area contributed by atoms with Crippen molar-refractivity contribution in [3.05, 3.63) is 0 Å². The molecule has 0 aliphatic rings.